The molecule has 0 radical (unpaired) electrons. The molecule has 0 fully saturated rings. The second kappa shape index (κ2) is 6.26. The van der Waals surface area contributed by atoms with Gasteiger partial charge in [0, 0.05) is 18.7 Å². The van der Waals surface area contributed by atoms with E-state index in [9.17, 15) is 4.39 Å². The number of benzene rings is 1. The second-order valence-corrected chi connectivity index (χ2v) is 4.10. The van der Waals surface area contributed by atoms with Crippen molar-refractivity contribution in [1.29, 1.82) is 0 Å². The number of aliphatic hydroxyl groups excluding tert-OH is 1. The van der Waals surface area contributed by atoms with E-state index >= 15 is 0 Å². The van der Waals surface area contributed by atoms with Gasteiger partial charge in [-0.3, -0.25) is 0 Å². The molecule has 5 heteroatoms. The molecule has 2 aromatic rings. The summed E-state index contributed by atoms with van der Waals surface area (Å²) in [5.41, 5.74) is 1.02. The van der Waals surface area contributed by atoms with Crippen LogP contribution in [0, 0.1) is 5.95 Å². The maximum atomic E-state index is 14.0. The highest BCUT2D eigenvalue weighted by Gasteiger charge is 2.13. The monoisotopic (exact) mass is 249 g/mol. The number of hydrogen-bond donors (Lipinski definition) is 1. The Labute approximate surface area is 105 Å². The molecule has 0 bridgehead atoms. The second-order valence-electron chi connectivity index (χ2n) is 4.10. The zero-order valence-corrected chi connectivity index (χ0v) is 10.1. The van der Waals surface area contributed by atoms with Gasteiger partial charge in [-0.2, -0.15) is 4.39 Å². The number of aromatic nitrogens is 3. The molecule has 0 unspecified atom stereocenters. The molecule has 0 spiro atoms. The van der Waals surface area contributed by atoms with Gasteiger partial charge in [-0.25, -0.2) is 4.68 Å². The van der Waals surface area contributed by atoms with Crippen molar-refractivity contribution in [3.63, 3.8) is 0 Å². The smallest absolute Gasteiger partial charge is 0.239 e. The van der Waals surface area contributed by atoms with Crippen LogP contribution in [-0.2, 0) is 6.54 Å². The van der Waals surface area contributed by atoms with Crippen LogP contribution < -0.4 is 0 Å². The quantitative estimate of drug-likeness (QED) is 0.799. The van der Waals surface area contributed by atoms with Crippen LogP contribution in [0.25, 0.3) is 11.3 Å². The maximum Gasteiger partial charge on any atom is 0.239 e. The Morgan fingerprint density at radius 3 is 2.61 bits per heavy atom. The minimum absolute atomic E-state index is 0.176. The van der Waals surface area contributed by atoms with Crippen LogP contribution in [0.3, 0.4) is 0 Å². The van der Waals surface area contributed by atoms with Crippen LogP contribution >= 0.6 is 0 Å². The highest BCUT2D eigenvalue weighted by molar-refractivity contribution is 5.57. The summed E-state index contributed by atoms with van der Waals surface area (Å²) >= 11 is 0. The standard InChI is InChI=1S/C13H16FN3O/c14-13-12(11-7-3-1-4-8-11)15-16-17(13)9-5-2-6-10-18/h1,3-4,7-8,18H,2,5-6,9-10H2. The van der Waals surface area contributed by atoms with Crippen LogP contribution in [0.4, 0.5) is 4.39 Å². The average molecular weight is 249 g/mol. The molecule has 0 saturated carbocycles. The Morgan fingerprint density at radius 2 is 1.89 bits per heavy atom. The summed E-state index contributed by atoms with van der Waals surface area (Å²) in [5, 5.41) is 16.4. The molecule has 2 rings (SSSR count). The summed E-state index contributed by atoms with van der Waals surface area (Å²) in [5.74, 6) is -0.398. The van der Waals surface area contributed by atoms with Gasteiger partial charge in [0.1, 0.15) is 5.69 Å². The number of aryl methyl sites for hydroxylation is 1. The fourth-order valence-electron chi connectivity index (χ4n) is 1.77. The van der Waals surface area contributed by atoms with Crippen LogP contribution in [0.5, 0.6) is 0 Å². The van der Waals surface area contributed by atoms with E-state index in [4.69, 9.17) is 5.11 Å². The minimum atomic E-state index is -0.398. The molecule has 1 N–H and O–H groups in total. The van der Waals surface area contributed by atoms with Crippen LogP contribution in [-0.4, -0.2) is 26.7 Å². The first kappa shape index (κ1) is 12.7. The van der Waals surface area contributed by atoms with Gasteiger partial charge < -0.3 is 5.11 Å². The number of halogens is 1. The summed E-state index contributed by atoms with van der Waals surface area (Å²) in [6.07, 6.45) is 2.38. The van der Waals surface area contributed by atoms with Gasteiger partial charge in [0.15, 0.2) is 0 Å². The Morgan fingerprint density at radius 1 is 1.11 bits per heavy atom. The predicted octanol–water partition coefficient (Wildman–Crippen LogP) is 2.25. The topological polar surface area (TPSA) is 50.9 Å². The molecule has 0 atom stereocenters. The van der Waals surface area contributed by atoms with E-state index in [1.165, 1.54) is 4.68 Å². The number of unbranched alkanes of at least 4 members (excludes halogenated alkanes) is 2. The summed E-state index contributed by atoms with van der Waals surface area (Å²) in [6, 6.07) is 9.18. The van der Waals surface area contributed by atoms with Crippen molar-refractivity contribution in [3.8, 4) is 11.3 Å². The third-order valence-electron chi connectivity index (χ3n) is 2.75. The van der Waals surface area contributed by atoms with E-state index in [0.717, 1.165) is 24.8 Å². The van der Waals surface area contributed by atoms with Crippen LogP contribution in [0.1, 0.15) is 19.3 Å². The van der Waals surface area contributed by atoms with Gasteiger partial charge >= 0.3 is 0 Å². The maximum absolute atomic E-state index is 14.0. The lowest BCUT2D eigenvalue weighted by Gasteiger charge is -2.00. The zero-order valence-electron chi connectivity index (χ0n) is 10.1. The summed E-state index contributed by atoms with van der Waals surface area (Å²) in [4.78, 5) is 0. The Kier molecular flexibility index (Phi) is 4.41. The number of nitrogens with zero attached hydrogens (tertiary/aromatic N) is 3. The molecule has 96 valence electrons. The first-order valence-electron chi connectivity index (χ1n) is 6.08. The molecular weight excluding hydrogens is 233 g/mol. The molecule has 0 aliphatic rings. The van der Waals surface area contributed by atoms with Crippen molar-refractivity contribution in [3.05, 3.63) is 36.3 Å². The summed E-state index contributed by atoms with van der Waals surface area (Å²) in [7, 11) is 0. The molecule has 0 saturated heterocycles. The van der Waals surface area contributed by atoms with Gasteiger partial charge in [0.05, 0.1) is 0 Å². The van der Waals surface area contributed by atoms with Gasteiger partial charge in [-0.05, 0) is 19.3 Å². The minimum Gasteiger partial charge on any atom is -0.396 e. The SMILES string of the molecule is OCCCCCn1nnc(-c2ccccc2)c1F. The molecule has 18 heavy (non-hydrogen) atoms. The predicted molar refractivity (Wildman–Crippen MR) is 66.4 cm³/mol. The molecule has 1 aromatic heterocycles. The third kappa shape index (κ3) is 2.92. The fraction of sp³-hybridized carbons (Fsp3) is 0.385. The van der Waals surface area contributed by atoms with Gasteiger partial charge in [0.2, 0.25) is 5.95 Å². The Balaban J connectivity index is 2.05. The first-order valence-corrected chi connectivity index (χ1v) is 6.08. The van der Waals surface area contributed by atoms with Crippen molar-refractivity contribution in [2.45, 2.75) is 25.8 Å². The molecular formula is C13H16FN3O. The molecule has 0 amide bonds. The average Bonchev–Trinajstić information content (AvgIpc) is 2.77. The third-order valence-corrected chi connectivity index (χ3v) is 2.75. The molecule has 1 aromatic carbocycles. The van der Waals surface area contributed by atoms with Gasteiger partial charge in [-0.1, -0.05) is 35.5 Å². The highest BCUT2D eigenvalue weighted by Crippen LogP contribution is 2.19. The number of rotatable bonds is 6. The Bertz CT molecular complexity index is 484. The fourth-order valence-corrected chi connectivity index (χ4v) is 1.77. The van der Waals surface area contributed by atoms with Crippen molar-refractivity contribution < 1.29 is 9.50 Å². The van der Waals surface area contributed by atoms with Gasteiger partial charge in [-0.15, -0.1) is 5.10 Å². The number of hydrogen-bond acceptors (Lipinski definition) is 3. The van der Waals surface area contributed by atoms with Crippen molar-refractivity contribution in [2.24, 2.45) is 0 Å². The van der Waals surface area contributed by atoms with Crippen molar-refractivity contribution in [2.75, 3.05) is 6.61 Å². The van der Waals surface area contributed by atoms with E-state index in [0.29, 0.717) is 6.54 Å². The van der Waals surface area contributed by atoms with Crippen molar-refractivity contribution in [1.82, 2.24) is 15.0 Å². The van der Waals surface area contributed by atoms with Gasteiger partial charge in [0.25, 0.3) is 0 Å². The Hall–Kier alpha value is -1.75. The molecule has 0 aliphatic carbocycles. The lowest BCUT2D eigenvalue weighted by Crippen LogP contribution is -2.03. The van der Waals surface area contributed by atoms with E-state index < -0.39 is 5.95 Å². The molecule has 0 aliphatic heterocycles. The number of aliphatic hydroxyl groups is 1. The van der Waals surface area contributed by atoms with Crippen LogP contribution in [0.15, 0.2) is 30.3 Å². The van der Waals surface area contributed by atoms with E-state index in [1.807, 2.05) is 30.3 Å². The first-order chi connectivity index (χ1) is 8.83. The van der Waals surface area contributed by atoms with E-state index in [-0.39, 0.29) is 12.3 Å². The summed E-state index contributed by atoms with van der Waals surface area (Å²) < 4.78 is 15.3. The van der Waals surface area contributed by atoms with Crippen molar-refractivity contribution >= 4 is 0 Å². The van der Waals surface area contributed by atoms with E-state index in [1.54, 1.807) is 0 Å². The zero-order chi connectivity index (χ0) is 12.8. The lowest BCUT2D eigenvalue weighted by atomic mass is 10.2. The largest absolute Gasteiger partial charge is 0.396 e. The highest BCUT2D eigenvalue weighted by atomic mass is 19.1. The van der Waals surface area contributed by atoms with Crippen LogP contribution in [0.2, 0.25) is 0 Å². The molecule has 1 heterocycles. The normalized spacial score (nSPS) is 10.8. The summed E-state index contributed by atoms with van der Waals surface area (Å²) in [6.45, 7) is 0.667. The van der Waals surface area contributed by atoms with E-state index in [2.05, 4.69) is 10.3 Å². The lowest BCUT2D eigenvalue weighted by molar-refractivity contribution is 0.280. The molecule has 4 nitrogen and oxygen atoms in total.